The number of hydrogen-bond acceptors (Lipinski definition) is 2. The highest BCUT2D eigenvalue weighted by Gasteiger charge is 2.10. The first-order valence-corrected chi connectivity index (χ1v) is 6.99. The molecule has 0 saturated heterocycles. The van der Waals surface area contributed by atoms with E-state index in [0.717, 1.165) is 0 Å². The lowest BCUT2D eigenvalue weighted by Crippen LogP contribution is -2.26. The Balaban J connectivity index is -0.000000162. The highest BCUT2D eigenvalue weighted by molar-refractivity contribution is 5.53. The molecule has 1 rings (SSSR count). The molecule has 0 spiro atoms. The molecule has 1 aromatic carbocycles. The predicted molar refractivity (Wildman–Crippen MR) is 103 cm³/mol. The van der Waals surface area contributed by atoms with Crippen LogP contribution in [0.1, 0.15) is 48.6 Å². The van der Waals surface area contributed by atoms with Gasteiger partial charge in [0.2, 0.25) is 0 Å². The van der Waals surface area contributed by atoms with Crippen LogP contribution >= 0.6 is 0 Å². The van der Waals surface area contributed by atoms with E-state index in [1.54, 1.807) is 13.8 Å². The van der Waals surface area contributed by atoms with Crippen molar-refractivity contribution < 1.29 is 2.85 Å². The highest BCUT2D eigenvalue weighted by Crippen LogP contribution is 2.19. The van der Waals surface area contributed by atoms with Gasteiger partial charge < -0.3 is 11.5 Å². The molecule has 0 aliphatic carbocycles. The van der Waals surface area contributed by atoms with Gasteiger partial charge in [-0.05, 0) is 83.8 Å². The fourth-order valence-electron chi connectivity index (χ4n) is 1.55. The number of benzene rings is 1. The Morgan fingerprint density at radius 3 is 1.77 bits per heavy atom. The van der Waals surface area contributed by atoms with E-state index in [1.165, 1.54) is 16.8 Å². The van der Waals surface area contributed by atoms with E-state index in [9.17, 15) is 0 Å². The molecule has 0 amide bonds. The number of hydrogen-bond donors (Lipinski definition) is 2. The summed E-state index contributed by atoms with van der Waals surface area (Å²) in [4.78, 5) is 0. The van der Waals surface area contributed by atoms with E-state index in [-0.39, 0.29) is 14.5 Å². The van der Waals surface area contributed by atoms with E-state index in [2.05, 4.69) is 93.7 Å². The maximum Gasteiger partial charge on any atom is 0.0374 e. The molecule has 1 aromatic rings. The number of anilines is 1. The predicted octanol–water partition coefficient (Wildman–Crippen LogP) is 5.20. The second-order valence-corrected chi connectivity index (χ2v) is 5.69. The second-order valence-electron chi connectivity index (χ2n) is 5.69. The molecular formula is C20H32N2. The maximum absolute atomic E-state index is 3.48. The summed E-state index contributed by atoms with van der Waals surface area (Å²) < 4.78 is 0. The van der Waals surface area contributed by atoms with Crippen molar-refractivity contribution in [2.45, 2.75) is 54.0 Å². The van der Waals surface area contributed by atoms with Gasteiger partial charge in [0, 0.05) is 14.1 Å². The van der Waals surface area contributed by atoms with Gasteiger partial charge in [-0.25, -0.2) is 0 Å². The van der Waals surface area contributed by atoms with Crippen LogP contribution in [0, 0.1) is 49.4 Å². The zero-order valence-corrected chi connectivity index (χ0v) is 14.9. The van der Waals surface area contributed by atoms with E-state index in [0.29, 0.717) is 0 Å². The SMILES string of the molecule is CC#CC#CC#CC.Cc1ccc(NC(C)(C)C)c(C)c1.N.[HH].[HH]. The maximum atomic E-state index is 3.48. The van der Waals surface area contributed by atoms with Crippen molar-refractivity contribution in [3.8, 4) is 35.5 Å². The molecule has 0 radical (unpaired) electrons. The van der Waals surface area contributed by atoms with E-state index in [4.69, 9.17) is 0 Å². The molecule has 2 heteroatoms. The molecule has 0 saturated carbocycles. The molecule has 22 heavy (non-hydrogen) atoms. The molecule has 0 unspecified atom stereocenters. The molecule has 0 aromatic heterocycles. The minimum Gasteiger partial charge on any atom is -0.380 e. The summed E-state index contributed by atoms with van der Waals surface area (Å²) in [5.74, 6) is 15.5. The highest BCUT2D eigenvalue weighted by atomic mass is 14.9. The third-order valence-corrected chi connectivity index (χ3v) is 2.33. The summed E-state index contributed by atoms with van der Waals surface area (Å²) >= 11 is 0. The molecule has 0 heterocycles. The monoisotopic (exact) mass is 300 g/mol. The van der Waals surface area contributed by atoms with Gasteiger partial charge in [-0.2, -0.15) is 0 Å². The fraction of sp³-hybridized carbons (Fsp3) is 0.400. The van der Waals surface area contributed by atoms with Crippen molar-refractivity contribution in [3.63, 3.8) is 0 Å². The van der Waals surface area contributed by atoms with Crippen LogP contribution < -0.4 is 11.5 Å². The second kappa shape index (κ2) is 11.3. The van der Waals surface area contributed by atoms with Gasteiger partial charge in [0.15, 0.2) is 0 Å². The zero-order chi connectivity index (χ0) is 16.3. The van der Waals surface area contributed by atoms with Crippen LogP contribution in [0.3, 0.4) is 0 Å². The Bertz CT molecular complexity index is 616. The molecule has 0 aliphatic heterocycles. The van der Waals surface area contributed by atoms with Crippen LogP contribution in [0.5, 0.6) is 0 Å². The van der Waals surface area contributed by atoms with Crippen LogP contribution in [0.2, 0.25) is 0 Å². The molecule has 0 atom stereocenters. The molecule has 0 bridgehead atoms. The van der Waals surface area contributed by atoms with Gasteiger partial charge >= 0.3 is 0 Å². The van der Waals surface area contributed by atoms with E-state index in [1.807, 2.05) is 0 Å². The zero-order valence-electron chi connectivity index (χ0n) is 14.9. The first kappa shape index (κ1) is 21.9. The standard InChI is InChI=1S/C12H19N.C8H6.H3N.2H2/c1-9-6-7-11(10(2)8-9)13-12(3,4)5;1-3-5-7-8-6-4-2;;;/h6-8,13H,1-5H3;1-2H3;1H3;2*1H. The van der Waals surface area contributed by atoms with Gasteiger partial charge in [0.05, 0.1) is 0 Å². The molecular weight excluding hydrogens is 268 g/mol. The topological polar surface area (TPSA) is 47.0 Å². The summed E-state index contributed by atoms with van der Waals surface area (Å²) in [6.45, 7) is 14.3. The smallest absolute Gasteiger partial charge is 0.0374 e. The van der Waals surface area contributed by atoms with E-state index >= 15 is 0 Å². The third kappa shape index (κ3) is 11.5. The summed E-state index contributed by atoms with van der Waals surface area (Å²) in [5, 5.41) is 3.48. The lowest BCUT2D eigenvalue weighted by atomic mass is 10.1. The summed E-state index contributed by atoms with van der Waals surface area (Å²) in [7, 11) is 0. The van der Waals surface area contributed by atoms with Crippen LogP contribution in [-0.4, -0.2) is 5.54 Å². The van der Waals surface area contributed by atoms with Gasteiger partial charge in [-0.1, -0.05) is 29.5 Å². The summed E-state index contributed by atoms with van der Waals surface area (Å²) in [6.07, 6.45) is 0. The van der Waals surface area contributed by atoms with Crippen LogP contribution in [-0.2, 0) is 0 Å². The summed E-state index contributed by atoms with van der Waals surface area (Å²) in [5.41, 5.74) is 4.00. The van der Waals surface area contributed by atoms with Gasteiger partial charge in [0.1, 0.15) is 0 Å². The minimum atomic E-state index is 0. The number of aryl methyl sites for hydroxylation is 2. The minimum absolute atomic E-state index is 0. The van der Waals surface area contributed by atoms with Crippen LogP contribution in [0.25, 0.3) is 0 Å². The van der Waals surface area contributed by atoms with Gasteiger partial charge in [0.25, 0.3) is 0 Å². The average molecular weight is 300 g/mol. The first-order valence-electron chi connectivity index (χ1n) is 6.99. The summed E-state index contributed by atoms with van der Waals surface area (Å²) in [6, 6.07) is 6.49. The Hall–Kier alpha value is -2.34. The average Bonchev–Trinajstić information content (AvgIpc) is 2.38. The third-order valence-electron chi connectivity index (χ3n) is 2.33. The van der Waals surface area contributed by atoms with Crippen molar-refractivity contribution in [2.75, 3.05) is 5.32 Å². The van der Waals surface area contributed by atoms with Crippen molar-refractivity contribution in [1.29, 1.82) is 0 Å². The van der Waals surface area contributed by atoms with Crippen molar-refractivity contribution >= 4 is 5.69 Å². The quantitative estimate of drug-likeness (QED) is 0.700. The molecule has 122 valence electrons. The Kier molecular flexibility index (Phi) is 11.3. The largest absolute Gasteiger partial charge is 0.380 e. The fourth-order valence-corrected chi connectivity index (χ4v) is 1.55. The van der Waals surface area contributed by atoms with Gasteiger partial charge in [-0.15, -0.1) is 0 Å². The lowest BCUT2D eigenvalue weighted by Gasteiger charge is -2.23. The number of rotatable bonds is 1. The van der Waals surface area contributed by atoms with Gasteiger partial charge in [-0.3, -0.25) is 0 Å². The van der Waals surface area contributed by atoms with Crippen molar-refractivity contribution in [2.24, 2.45) is 0 Å². The van der Waals surface area contributed by atoms with Crippen LogP contribution in [0.15, 0.2) is 18.2 Å². The normalized spacial score (nSPS) is 8.14. The van der Waals surface area contributed by atoms with E-state index < -0.39 is 0 Å². The molecule has 0 aliphatic rings. The molecule has 2 nitrogen and oxygen atoms in total. The van der Waals surface area contributed by atoms with Crippen LogP contribution in [0.4, 0.5) is 5.69 Å². The first-order chi connectivity index (χ1) is 9.80. The Morgan fingerprint density at radius 1 is 0.909 bits per heavy atom. The molecule has 4 N–H and O–H groups in total. The lowest BCUT2D eigenvalue weighted by molar-refractivity contribution is 0.633. The van der Waals surface area contributed by atoms with Crippen molar-refractivity contribution in [1.82, 2.24) is 6.15 Å². The Labute approximate surface area is 139 Å². The molecule has 0 fully saturated rings. The number of nitrogens with one attached hydrogen (secondary N) is 1. The Morgan fingerprint density at radius 2 is 1.41 bits per heavy atom. The van der Waals surface area contributed by atoms with Crippen molar-refractivity contribution in [3.05, 3.63) is 29.3 Å².